The van der Waals surface area contributed by atoms with Crippen LogP contribution in [0.4, 0.5) is 0 Å². The second kappa shape index (κ2) is 13.4. The highest BCUT2D eigenvalue weighted by Crippen LogP contribution is 2.61. The lowest BCUT2D eigenvalue weighted by Crippen LogP contribution is -2.66. The van der Waals surface area contributed by atoms with Crippen LogP contribution < -0.4 is 21.7 Å². The Labute approximate surface area is 264 Å². The highest BCUT2D eigenvalue weighted by atomic mass is 16.4. The van der Waals surface area contributed by atoms with Gasteiger partial charge in [-0.3, -0.25) is 24.7 Å². The maximum absolute atomic E-state index is 14.6. The fraction of sp³-hybridized carbons (Fsp3) is 0.667. The van der Waals surface area contributed by atoms with Gasteiger partial charge in [-0.2, -0.15) is 0 Å². The number of carbonyl (C=O) groups excluding carboxylic acids is 3. The van der Waals surface area contributed by atoms with Crippen molar-refractivity contribution in [3.05, 3.63) is 29.8 Å². The molecule has 1 aliphatic heterocycles. The summed E-state index contributed by atoms with van der Waals surface area (Å²) >= 11 is 0. The van der Waals surface area contributed by atoms with E-state index in [1.807, 2.05) is 0 Å². The number of carbonyl (C=O) groups is 4. The molecule has 4 saturated carbocycles. The lowest BCUT2D eigenvalue weighted by Gasteiger charge is -2.57. The zero-order valence-electron chi connectivity index (χ0n) is 26.1. The molecule has 5 aliphatic rings. The summed E-state index contributed by atoms with van der Waals surface area (Å²) < 4.78 is 0. The lowest BCUT2D eigenvalue weighted by atomic mass is 9.49. The first-order chi connectivity index (χ1) is 21.4. The summed E-state index contributed by atoms with van der Waals surface area (Å²) in [5.74, 6) is -1.21. The second-order valence-electron chi connectivity index (χ2n) is 14.3. The van der Waals surface area contributed by atoms with Crippen molar-refractivity contribution in [3.63, 3.8) is 0 Å². The summed E-state index contributed by atoms with van der Waals surface area (Å²) in [5.41, 5.74) is 4.02. The number of nitrogens with two attached hydrogens (primary N) is 1. The average molecular weight is 625 g/mol. The van der Waals surface area contributed by atoms with Crippen molar-refractivity contribution in [2.75, 3.05) is 13.1 Å². The molecule has 4 bridgehead atoms. The van der Waals surface area contributed by atoms with E-state index in [0.717, 1.165) is 30.6 Å². The number of hydrogen-bond acceptors (Lipinski definition) is 7. The molecule has 12 heteroatoms. The van der Waals surface area contributed by atoms with Crippen LogP contribution in [0.5, 0.6) is 5.75 Å². The molecule has 246 valence electrons. The Balaban J connectivity index is 1.47. The highest BCUT2D eigenvalue weighted by Gasteiger charge is 2.55. The number of carboxylic acids is 1. The van der Waals surface area contributed by atoms with Gasteiger partial charge in [-0.1, -0.05) is 12.1 Å². The molecule has 6 rings (SSSR count). The number of amides is 3. The van der Waals surface area contributed by atoms with Crippen LogP contribution in [0.3, 0.4) is 0 Å². The number of benzene rings is 1. The Morgan fingerprint density at radius 1 is 1.11 bits per heavy atom. The van der Waals surface area contributed by atoms with Crippen molar-refractivity contribution in [3.8, 4) is 5.75 Å². The van der Waals surface area contributed by atoms with Gasteiger partial charge in [0.2, 0.25) is 17.7 Å². The number of rotatable bonds is 13. The number of nitrogens with one attached hydrogen (secondary N) is 4. The van der Waals surface area contributed by atoms with E-state index in [0.29, 0.717) is 42.7 Å². The average Bonchev–Trinajstić information content (AvgIpc) is 3.50. The van der Waals surface area contributed by atoms with Crippen molar-refractivity contribution < 1.29 is 29.4 Å². The Morgan fingerprint density at radius 2 is 1.73 bits per heavy atom. The van der Waals surface area contributed by atoms with Gasteiger partial charge in [-0.05, 0) is 119 Å². The molecule has 0 spiro atoms. The van der Waals surface area contributed by atoms with Crippen LogP contribution in [0.15, 0.2) is 24.3 Å². The largest absolute Gasteiger partial charge is 0.508 e. The molecule has 0 radical (unpaired) electrons. The van der Waals surface area contributed by atoms with Crippen LogP contribution in [-0.4, -0.2) is 75.5 Å². The van der Waals surface area contributed by atoms with Crippen LogP contribution >= 0.6 is 0 Å². The number of carboxylic acid groups (broad SMARTS) is 1. The third kappa shape index (κ3) is 7.43. The summed E-state index contributed by atoms with van der Waals surface area (Å²) in [6.07, 6.45) is 8.32. The molecule has 8 N–H and O–H groups in total. The first-order valence-corrected chi connectivity index (χ1v) is 16.4. The standard InChI is InChI=1S/C33H48N6O6/c1-32(15-20-6-8-24(40)9-7-20,30(45)38-26(29(43)44)5-3-11-37-31(34)35)39(28(42)25-4-2-10-36-25)27(41)19-33-16-21-12-22(17-33)14-23(13-21)18-33/h6-9,21-23,25-26,36,40H,2-5,10-19H2,1H3,(H,38,45)(H,43,44)(H4,34,35,37)/t21?,22?,23?,25-,26-,32-,33?/m0/s1. The normalized spacial score (nSPS) is 28.6. The van der Waals surface area contributed by atoms with E-state index in [4.69, 9.17) is 11.1 Å². The van der Waals surface area contributed by atoms with Gasteiger partial charge >= 0.3 is 5.97 Å². The molecule has 1 heterocycles. The van der Waals surface area contributed by atoms with E-state index in [1.165, 1.54) is 31.4 Å². The number of hydrogen-bond donors (Lipinski definition) is 7. The Morgan fingerprint density at radius 3 is 2.27 bits per heavy atom. The second-order valence-corrected chi connectivity index (χ2v) is 14.3. The molecule has 5 fully saturated rings. The maximum Gasteiger partial charge on any atom is 0.326 e. The first kappa shape index (κ1) is 32.7. The SMILES string of the molecule is C[C@](Cc1ccc(O)cc1)(C(=O)N[C@@H](CCCNC(=N)N)C(=O)O)N(C(=O)CC12CC3CC(CC(C3)C1)C2)C(=O)[C@@H]1CCCN1. The van der Waals surface area contributed by atoms with Gasteiger partial charge < -0.3 is 31.9 Å². The summed E-state index contributed by atoms with van der Waals surface area (Å²) in [6.45, 7) is 2.43. The predicted molar refractivity (Wildman–Crippen MR) is 167 cm³/mol. The van der Waals surface area contributed by atoms with E-state index in [2.05, 4.69) is 16.0 Å². The van der Waals surface area contributed by atoms with Crippen molar-refractivity contribution in [2.45, 2.75) is 102 Å². The van der Waals surface area contributed by atoms with E-state index < -0.39 is 35.4 Å². The number of nitrogens with zero attached hydrogens (tertiary/aromatic N) is 1. The topological polar surface area (TPSA) is 198 Å². The van der Waals surface area contributed by atoms with Crippen molar-refractivity contribution in [1.82, 2.24) is 20.9 Å². The molecule has 1 aromatic rings. The molecule has 3 atom stereocenters. The third-order valence-electron chi connectivity index (χ3n) is 10.6. The molecule has 0 unspecified atom stereocenters. The van der Waals surface area contributed by atoms with Gasteiger partial charge in [0, 0.05) is 19.4 Å². The summed E-state index contributed by atoms with van der Waals surface area (Å²) in [7, 11) is 0. The molecule has 3 amide bonds. The first-order valence-electron chi connectivity index (χ1n) is 16.4. The molecule has 45 heavy (non-hydrogen) atoms. The minimum atomic E-state index is -1.75. The van der Waals surface area contributed by atoms with Gasteiger partial charge in [0.05, 0.1) is 6.04 Å². The van der Waals surface area contributed by atoms with Crippen molar-refractivity contribution in [2.24, 2.45) is 28.9 Å². The minimum Gasteiger partial charge on any atom is -0.508 e. The van der Waals surface area contributed by atoms with E-state index >= 15 is 0 Å². The van der Waals surface area contributed by atoms with Gasteiger partial charge in [0.25, 0.3) is 0 Å². The van der Waals surface area contributed by atoms with Gasteiger partial charge in [-0.25, -0.2) is 4.79 Å². The van der Waals surface area contributed by atoms with E-state index in [9.17, 15) is 29.4 Å². The van der Waals surface area contributed by atoms with Crippen LogP contribution in [0.2, 0.25) is 0 Å². The summed E-state index contributed by atoms with van der Waals surface area (Å²) in [4.78, 5) is 56.7. The summed E-state index contributed by atoms with van der Waals surface area (Å²) in [6, 6.07) is 4.34. The van der Waals surface area contributed by atoms with Crippen LogP contribution in [-0.2, 0) is 25.6 Å². The molecule has 1 saturated heterocycles. The molecule has 1 aromatic carbocycles. The number of guanidine groups is 1. The molecular formula is C33H48N6O6. The van der Waals surface area contributed by atoms with E-state index in [1.54, 1.807) is 19.1 Å². The van der Waals surface area contributed by atoms with Crippen LogP contribution in [0.25, 0.3) is 0 Å². The zero-order chi connectivity index (χ0) is 32.4. The Bertz CT molecular complexity index is 1260. The molecule has 4 aliphatic carbocycles. The van der Waals surface area contributed by atoms with Gasteiger partial charge in [-0.15, -0.1) is 0 Å². The molecular weight excluding hydrogens is 576 g/mol. The number of aliphatic carboxylic acids is 1. The number of phenols is 1. The van der Waals surface area contributed by atoms with Crippen LogP contribution in [0.1, 0.15) is 83.1 Å². The van der Waals surface area contributed by atoms with Crippen LogP contribution in [0, 0.1) is 28.6 Å². The molecule has 0 aromatic heterocycles. The quantitative estimate of drug-likeness (QED) is 0.0977. The predicted octanol–water partition coefficient (Wildman–Crippen LogP) is 2.24. The monoisotopic (exact) mass is 624 g/mol. The lowest BCUT2D eigenvalue weighted by molar-refractivity contribution is -0.163. The number of imide groups is 1. The highest BCUT2D eigenvalue weighted by molar-refractivity contribution is 6.05. The fourth-order valence-corrected chi connectivity index (χ4v) is 8.97. The third-order valence-corrected chi connectivity index (χ3v) is 10.6. The van der Waals surface area contributed by atoms with Crippen molar-refractivity contribution >= 4 is 29.7 Å². The van der Waals surface area contributed by atoms with Crippen molar-refractivity contribution in [1.29, 1.82) is 5.41 Å². The minimum absolute atomic E-state index is 0.0380. The summed E-state index contributed by atoms with van der Waals surface area (Å²) in [5, 5.41) is 35.7. The molecule has 12 nitrogen and oxygen atoms in total. The van der Waals surface area contributed by atoms with Gasteiger partial charge in [0.1, 0.15) is 17.3 Å². The maximum atomic E-state index is 14.6. The Kier molecular flexibility index (Phi) is 9.71. The Hall–Kier alpha value is -3.67. The van der Waals surface area contributed by atoms with Gasteiger partial charge in [0.15, 0.2) is 5.96 Å². The fourth-order valence-electron chi connectivity index (χ4n) is 8.97. The zero-order valence-corrected chi connectivity index (χ0v) is 26.1. The smallest absolute Gasteiger partial charge is 0.326 e. The number of aromatic hydroxyl groups is 1. The van der Waals surface area contributed by atoms with E-state index in [-0.39, 0.29) is 48.8 Å². The number of phenolic OH excluding ortho intramolecular Hbond substituents is 1.